The van der Waals surface area contributed by atoms with Crippen molar-refractivity contribution < 1.29 is 19.1 Å². The van der Waals surface area contributed by atoms with Crippen LogP contribution in [0, 0.1) is 5.41 Å². The van der Waals surface area contributed by atoms with Crippen LogP contribution in [-0.2, 0) is 25.5 Å². The molecule has 5 nitrogen and oxygen atoms in total. The molecule has 1 fully saturated rings. The Bertz CT molecular complexity index is 475. The minimum Gasteiger partial charge on any atom is -0.422 e. The van der Waals surface area contributed by atoms with Crippen molar-refractivity contribution in [3.63, 3.8) is 0 Å². The highest BCUT2D eigenvalue weighted by Gasteiger charge is 2.52. The summed E-state index contributed by atoms with van der Waals surface area (Å²) < 4.78 is 10.3. The molecule has 19 heavy (non-hydrogen) atoms. The van der Waals surface area contributed by atoms with E-state index >= 15 is 0 Å². The van der Waals surface area contributed by atoms with Crippen molar-refractivity contribution >= 4 is 11.9 Å². The highest BCUT2D eigenvalue weighted by atomic mass is 16.7. The number of nitrogens with zero attached hydrogens (tertiary/aromatic N) is 1. The lowest BCUT2D eigenvalue weighted by Crippen LogP contribution is -2.52. The van der Waals surface area contributed by atoms with Crippen molar-refractivity contribution in [1.29, 1.82) is 0 Å². The molecule has 0 atom stereocenters. The number of esters is 2. The second kappa shape index (κ2) is 4.64. The molecule has 0 radical (unpaired) electrons. The van der Waals surface area contributed by atoms with E-state index in [0.717, 1.165) is 5.69 Å². The standard InChI is InChI=1S/C14H17NO4/c1-13(2)18-11(16)14(3,12(17)19-13)8-7-10-6-4-5-9-15-10/h4-6,9H,7-8H2,1-3H3. The maximum Gasteiger partial charge on any atom is 0.326 e. The average Bonchev–Trinajstić information content (AvgIpc) is 2.34. The van der Waals surface area contributed by atoms with Crippen LogP contribution in [0.3, 0.4) is 0 Å². The van der Waals surface area contributed by atoms with E-state index < -0.39 is 23.1 Å². The Morgan fingerprint density at radius 1 is 1.11 bits per heavy atom. The van der Waals surface area contributed by atoms with Crippen LogP contribution >= 0.6 is 0 Å². The van der Waals surface area contributed by atoms with Gasteiger partial charge in [0.15, 0.2) is 5.41 Å². The highest BCUT2D eigenvalue weighted by Crippen LogP contribution is 2.35. The van der Waals surface area contributed by atoms with Crippen LogP contribution < -0.4 is 0 Å². The number of rotatable bonds is 3. The number of carbonyl (C=O) groups is 2. The molecule has 2 heterocycles. The number of aryl methyl sites for hydroxylation is 1. The molecule has 2 rings (SSSR count). The summed E-state index contributed by atoms with van der Waals surface area (Å²) in [5.74, 6) is -2.26. The zero-order chi connectivity index (χ0) is 14.1. The maximum absolute atomic E-state index is 12.0. The van der Waals surface area contributed by atoms with E-state index in [0.29, 0.717) is 12.8 Å². The van der Waals surface area contributed by atoms with Gasteiger partial charge in [-0.1, -0.05) is 6.07 Å². The molecule has 5 heteroatoms. The smallest absolute Gasteiger partial charge is 0.326 e. The molecule has 0 saturated carbocycles. The van der Waals surface area contributed by atoms with Crippen LogP contribution in [0.1, 0.15) is 32.9 Å². The number of ether oxygens (including phenoxy) is 2. The third-order valence-corrected chi connectivity index (χ3v) is 3.19. The molecular weight excluding hydrogens is 246 g/mol. The number of pyridine rings is 1. The van der Waals surface area contributed by atoms with Crippen LogP contribution in [0.4, 0.5) is 0 Å². The summed E-state index contributed by atoms with van der Waals surface area (Å²) in [5, 5.41) is 0. The van der Waals surface area contributed by atoms with Gasteiger partial charge in [0.2, 0.25) is 0 Å². The predicted molar refractivity (Wildman–Crippen MR) is 66.9 cm³/mol. The monoisotopic (exact) mass is 263 g/mol. The molecule has 1 aromatic rings. The highest BCUT2D eigenvalue weighted by molar-refractivity contribution is 6.01. The van der Waals surface area contributed by atoms with Crippen molar-refractivity contribution in [1.82, 2.24) is 4.98 Å². The van der Waals surface area contributed by atoms with Crippen molar-refractivity contribution in [3.8, 4) is 0 Å². The summed E-state index contributed by atoms with van der Waals surface area (Å²) in [6, 6.07) is 5.54. The number of carbonyl (C=O) groups excluding carboxylic acids is 2. The fraction of sp³-hybridized carbons (Fsp3) is 0.500. The van der Waals surface area contributed by atoms with Gasteiger partial charge in [0.05, 0.1) is 0 Å². The second-order valence-electron chi connectivity index (χ2n) is 5.33. The van der Waals surface area contributed by atoms with Gasteiger partial charge < -0.3 is 9.47 Å². The SMILES string of the molecule is CC1(C)OC(=O)C(C)(CCc2ccccn2)C(=O)O1. The van der Waals surface area contributed by atoms with Crippen molar-refractivity contribution in [3.05, 3.63) is 30.1 Å². The molecule has 1 aliphatic heterocycles. The molecule has 1 aromatic heterocycles. The molecule has 0 N–H and O–H groups in total. The number of cyclic esters (lactones) is 2. The second-order valence-corrected chi connectivity index (χ2v) is 5.33. The minimum absolute atomic E-state index is 0.317. The van der Waals surface area contributed by atoms with Gasteiger partial charge in [0.25, 0.3) is 5.79 Å². The van der Waals surface area contributed by atoms with Gasteiger partial charge in [-0.15, -0.1) is 0 Å². The van der Waals surface area contributed by atoms with Gasteiger partial charge in [0, 0.05) is 25.7 Å². The fourth-order valence-electron chi connectivity index (χ4n) is 1.90. The van der Waals surface area contributed by atoms with Gasteiger partial charge in [-0.2, -0.15) is 0 Å². The van der Waals surface area contributed by atoms with E-state index in [1.165, 1.54) is 0 Å². The number of hydrogen-bond acceptors (Lipinski definition) is 5. The summed E-state index contributed by atoms with van der Waals surface area (Å²) in [5.41, 5.74) is -0.429. The largest absolute Gasteiger partial charge is 0.422 e. The van der Waals surface area contributed by atoms with Gasteiger partial charge in [-0.3, -0.25) is 14.6 Å². The van der Waals surface area contributed by atoms with Gasteiger partial charge in [0.1, 0.15) is 0 Å². The van der Waals surface area contributed by atoms with Crippen LogP contribution in [0.5, 0.6) is 0 Å². The Labute approximate surface area is 111 Å². The zero-order valence-electron chi connectivity index (χ0n) is 11.3. The van der Waals surface area contributed by atoms with Gasteiger partial charge in [-0.05, 0) is 31.9 Å². The minimum atomic E-state index is -1.26. The first-order valence-corrected chi connectivity index (χ1v) is 6.20. The molecule has 0 aromatic carbocycles. The number of aromatic nitrogens is 1. The van der Waals surface area contributed by atoms with Crippen molar-refractivity contribution in [2.45, 2.75) is 39.4 Å². The molecule has 102 valence electrons. The Morgan fingerprint density at radius 2 is 1.74 bits per heavy atom. The Morgan fingerprint density at radius 3 is 2.26 bits per heavy atom. The van der Waals surface area contributed by atoms with E-state index in [4.69, 9.17) is 9.47 Å². The maximum atomic E-state index is 12.0. The quantitative estimate of drug-likeness (QED) is 0.615. The molecule has 1 aliphatic rings. The predicted octanol–water partition coefficient (Wildman–Crippen LogP) is 1.86. The molecule has 0 aliphatic carbocycles. The van der Waals surface area contributed by atoms with E-state index in [1.807, 2.05) is 18.2 Å². The van der Waals surface area contributed by atoms with Gasteiger partial charge >= 0.3 is 11.9 Å². The lowest BCUT2D eigenvalue weighted by molar-refractivity contribution is -0.250. The first-order valence-electron chi connectivity index (χ1n) is 6.20. The third-order valence-electron chi connectivity index (χ3n) is 3.19. The normalized spacial score (nSPS) is 20.6. The van der Waals surface area contributed by atoms with E-state index in [-0.39, 0.29) is 0 Å². The van der Waals surface area contributed by atoms with Gasteiger partial charge in [-0.25, -0.2) is 0 Å². The topological polar surface area (TPSA) is 65.5 Å². The fourth-order valence-corrected chi connectivity index (χ4v) is 1.90. The Balaban J connectivity index is 2.10. The summed E-state index contributed by atoms with van der Waals surface area (Å²) in [6.07, 6.45) is 2.51. The first-order chi connectivity index (χ1) is 8.83. The molecule has 0 amide bonds. The van der Waals surface area contributed by atoms with E-state index in [9.17, 15) is 9.59 Å². The molecular formula is C14H17NO4. The summed E-state index contributed by atoms with van der Waals surface area (Å²) >= 11 is 0. The lowest BCUT2D eigenvalue weighted by atomic mass is 9.84. The van der Waals surface area contributed by atoms with Crippen LogP contribution in [0.25, 0.3) is 0 Å². The molecule has 1 saturated heterocycles. The molecule has 0 bridgehead atoms. The zero-order valence-corrected chi connectivity index (χ0v) is 11.3. The van der Waals surface area contributed by atoms with Crippen LogP contribution in [0.15, 0.2) is 24.4 Å². The van der Waals surface area contributed by atoms with Crippen LogP contribution in [-0.4, -0.2) is 22.7 Å². The third kappa shape index (κ3) is 2.75. The van der Waals surface area contributed by atoms with Crippen LogP contribution in [0.2, 0.25) is 0 Å². The summed E-state index contributed by atoms with van der Waals surface area (Å²) in [6.45, 7) is 4.64. The lowest BCUT2D eigenvalue weighted by Gasteiger charge is -2.38. The van der Waals surface area contributed by atoms with Crippen molar-refractivity contribution in [2.75, 3.05) is 0 Å². The first kappa shape index (κ1) is 13.5. The molecule has 0 spiro atoms. The number of hydrogen-bond donors (Lipinski definition) is 0. The Kier molecular flexibility index (Phi) is 3.30. The average molecular weight is 263 g/mol. The van der Waals surface area contributed by atoms with Crippen molar-refractivity contribution in [2.24, 2.45) is 5.41 Å². The van der Waals surface area contributed by atoms with E-state index in [1.54, 1.807) is 27.0 Å². The Hall–Kier alpha value is -1.91. The van der Waals surface area contributed by atoms with E-state index in [2.05, 4.69) is 4.98 Å². The molecule has 0 unspecified atom stereocenters. The summed E-state index contributed by atoms with van der Waals surface area (Å²) in [4.78, 5) is 28.2. The summed E-state index contributed by atoms with van der Waals surface area (Å²) in [7, 11) is 0.